The third-order valence-electron chi connectivity index (χ3n) is 3.21. The number of hydrogen-bond acceptors (Lipinski definition) is 5. The molecule has 0 radical (unpaired) electrons. The number of anilines is 1. The minimum absolute atomic E-state index is 0.0458. The van der Waals surface area contributed by atoms with Gasteiger partial charge < -0.3 is 16.2 Å². The van der Waals surface area contributed by atoms with Gasteiger partial charge in [0.2, 0.25) is 5.91 Å². The van der Waals surface area contributed by atoms with Crippen LogP contribution in [0.15, 0.2) is 6.07 Å². The molecule has 0 aliphatic heterocycles. The number of carbonyl (C=O) groups excluding carboxylic acids is 1. The Morgan fingerprint density at radius 3 is 3.00 bits per heavy atom. The molecule has 1 aliphatic rings. The Bertz CT molecular complexity index is 536. The number of fused-ring (bicyclic) bond motifs is 1. The van der Waals surface area contributed by atoms with Crippen molar-refractivity contribution < 1.29 is 9.90 Å². The highest BCUT2D eigenvalue weighted by Gasteiger charge is 2.16. The standard InChI is InChI=1S/C13H16N4O2/c14-6-9-5-8-3-1-2-4-10(8)17-13(9)16-7-11(18)12(15)19/h5,11,18H,1-4,7H2,(H2,15,19)(H,16,17). The Morgan fingerprint density at radius 1 is 1.58 bits per heavy atom. The van der Waals surface area contributed by atoms with E-state index in [2.05, 4.69) is 16.4 Å². The molecule has 1 aromatic rings. The van der Waals surface area contributed by atoms with E-state index in [1.807, 2.05) is 6.07 Å². The van der Waals surface area contributed by atoms with Crippen LogP contribution in [0.4, 0.5) is 5.82 Å². The first-order valence-corrected chi connectivity index (χ1v) is 6.26. The van der Waals surface area contributed by atoms with Crippen LogP contribution in [-0.2, 0) is 17.6 Å². The third-order valence-corrected chi connectivity index (χ3v) is 3.21. The van der Waals surface area contributed by atoms with Gasteiger partial charge in [-0.05, 0) is 37.3 Å². The monoisotopic (exact) mass is 260 g/mol. The summed E-state index contributed by atoms with van der Waals surface area (Å²) in [5, 5.41) is 21.3. The van der Waals surface area contributed by atoms with Gasteiger partial charge in [0.05, 0.1) is 12.1 Å². The molecule has 6 nitrogen and oxygen atoms in total. The highest BCUT2D eigenvalue weighted by molar-refractivity contribution is 5.79. The van der Waals surface area contributed by atoms with E-state index in [4.69, 9.17) is 11.0 Å². The van der Waals surface area contributed by atoms with Crippen LogP contribution in [0, 0.1) is 11.3 Å². The molecule has 1 atom stereocenters. The summed E-state index contributed by atoms with van der Waals surface area (Å²) in [7, 11) is 0. The van der Waals surface area contributed by atoms with Crippen molar-refractivity contribution in [1.82, 2.24) is 4.98 Å². The molecule has 6 heteroatoms. The number of nitriles is 1. The van der Waals surface area contributed by atoms with Crippen molar-refractivity contribution in [1.29, 1.82) is 5.26 Å². The molecule has 0 aromatic carbocycles. The molecule has 0 bridgehead atoms. The number of hydrogen-bond donors (Lipinski definition) is 3. The first kappa shape index (κ1) is 13.3. The number of nitrogens with two attached hydrogens (primary N) is 1. The summed E-state index contributed by atoms with van der Waals surface area (Å²) < 4.78 is 0. The van der Waals surface area contributed by atoms with E-state index < -0.39 is 12.0 Å². The fourth-order valence-electron chi connectivity index (χ4n) is 2.15. The third kappa shape index (κ3) is 3.01. The summed E-state index contributed by atoms with van der Waals surface area (Å²) in [5.41, 5.74) is 7.50. The van der Waals surface area contributed by atoms with Crippen LogP contribution in [0.5, 0.6) is 0 Å². The molecular weight excluding hydrogens is 244 g/mol. The predicted octanol–water partition coefficient (Wildman–Crippen LogP) is 0.0902. The number of primary amides is 1. The van der Waals surface area contributed by atoms with Gasteiger partial charge in [0, 0.05) is 5.69 Å². The molecule has 4 N–H and O–H groups in total. The molecule has 0 saturated carbocycles. The van der Waals surface area contributed by atoms with Crippen molar-refractivity contribution in [2.45, 2.75) is 31.8 Å². The van der Waals surface area contributed by atoms with Crippen LogP contribution < -0.4 is 11.1 Å². The number of aryl methyl sites for hydroxylation is 2. The van der Waals surface area contributed by atoms with Crippen molar-refractivity contribution in [3.63, 3.8) is 0 Å². The molecule has 100 valence electrons. The lowest BCUT2D eigenvalue weighted by Crippen LogP contribution is -2.34. The lowest BCUT2D eigenvalue weighted by molar-refractivity contribution is -0.125. The molecule has 0 fully saturated rings. The topological polar surface area (TPSA) is 112 Å². The fraction of sp³-hybridized carbons (Fsp3) is 0.462. The molecule has 1 heterocycles. The lowest BCUT2D eigenvalue weighted by Gasteiger charge is -2.17. The predicted molar refractivity (Wildman–Crippen MR) is 69.3 cm³/mol. The summed E-state index contributed by atoms with van der Waals surface area (Å²) >= 11 is 0. The summed E-state index contributed by atoms with van der Waals surface area (Å²) in [6.45, 7) is -0.0458. The summed E-state index contributed by atoms with van der Waals surface area (Å²) in [4.78, 5) is 15.2. The second-order valence-electron chi connectivity index (χ2n) is 4.61. The number of amides is 1. The van der Waals surface area contributed by atoms with E-state index in [9.17, 15) is 9.90 Å². The van der Waals surface area contributed by atoms with E-state index in [0.29, 0.717) is 11.4 Å². The average Bonchev–Trinajstić information content (AvgIpc) is 2.43. The number of nitrogens with zero attached hydrogens (tertiary/aromatic N) is 2. The number of carbonyl (C=O) groups is 1. The van der Waals surface area contributed by atoms with Gasteiger partial charge in [-0.15, -0.1) is 0 Å². The van der Waals surface area contributed by atoms with Gasteiger partial charge in [-0.1, -0.05) is 0 Å². The zero-order valence-electron chi connectivity index (χ0n) is 10.5. The SMILES string of the molecule is N#Cc1cc2c(nc1NCC(O)C(N)=O)CCCC2. The van der Waals surface area contributed by atoms with Crippen LogP contribution >= 0.6 is 0 Å². The van der Waals surface area contributed by atoms with E-state index in [0.717, 1.165) is 36.9 Å². The summed E-state index contributed by atoms with van der Waals surface area (Å²) in [6.07, 6.45) is 2.77. The Kier molecular flexibility index (Phi) is 3.97. The van der Waals surface area contributed by atoms with Crippen molar-refractivity contribution in [2.75, 3.05) is 11.9 Å². The van der Waals surface area contributed by atoms with Gasteiger partial charge in [0.1, 0.15) is 18.0 Å². The van der Waals surface area contributed by atoms with Gasteiger partial charge in [0.25, 0.3) is 0 Å². The number of rotatable bonds is 4. The number of aromatic nitrogens is 1. The molecule has 1 unspecified atom stereocenters. The number of aliphatic hydroxyl groups is 1. The van der Waals surface area contributed by atoms with E-state index in [1.165, 1.54) is 0 Å². The molecule has 0 saturated heterocycles. The lowest BCUT2D eigenvalue weighted by atomic mass is 9.95. The van der Waals surface area contributed by atoms with Gasteiger partial charge in [-0.2, -0.15) is 5.26 Å². The van der Waals surface area contributed by atoms with Crippen LogP contribution in [0.2, 0.25) is 0 Å². The fourth-order valence-corrected chi connectivity index (χ4v) is 2.15. The highest BCUT2D eigenvalue weighted by atomic mass is 16.3. The molecule has 1 amide bonds. The normalized spacial score (nSPS) is 15.2. The zero-order valence-corrected chi connectivity index (χ0v) is 10.5. The Labute approximate surface area is 111 Å². The number of nitrogens with one attached hydrogen (secondary N) is 1. The van der Waals surface area contributed by atoms with Gasteiger partial charge in [-0.25, -0.2) is 4.98 Å². The van der Waals surface area contributed by atoms with Gasteiger partial charge >= 0.3 is 0 Å². The van der Waals surface area contributed by atoms with E-state index >= 15 is 0 Å². The molecule has 19 heavy (non-hydrogen) atoms. The maximum atomic E-state index is 10.8. The maximum Gasteiger partial charge on any atom is 0.248 e. The van der Waals surface area contributed by atoms with Crippen LogP contribution in [0.3, 0.4) is 0 Å². The van der Waals surface area contributed by atoms with Crippen LogP contribution in [-0.4, -0.2) is 28.6 Å². The maximum absolute atomic E-state index is 10.8. The largest absolute Gasteiger partial charge is 0.381 e. The molecule has 2 rings (SSSR count). The van der Waals surface area contributed by atoms with E-state index in [1.54, 1.807) is 0 Å². The van der Waals surface area contributed by atoms with E-state index in [-0.39, 0.29) is 6.54 Å². The van der Waals surface area contributed by atoms with Crippen LogP contribution in [0.1, 0.15) is 29.7 Å². The van der Waals surface area contributed by atoms with Crippen molar-refractivity contribution in [2.24, 2.45) is 5.73 Å². The van der Waals surface area contributed by atoms with Crippen LogP contribution in [0.25, 0.3) is 0 Å². The van der Waals surface area contributed by atoms with Crippen molar-refractivity contribution >= 4 is 11.7 Å². The Morgan fingerprint density at radius 2 is 2.32 bits per heavy atom. The quantitative estimate of drug-likeness (QED) is 0.710. The second-order valence-corrected chi connectivity index (χ2v) is 4.61. The first-order valence-electron chi connectivity index (χ1n) is 6.26. The van der Waals surface area contributed by atoms with Gasteiger partial charge in [-0.3, -0.25) is 4.79 Å². The van der Waals surface area contributed by atoms with Crippen molar-refractivity contribution in [3.8, 4) is 6.07 Å². The Hall–Kier alpha value is -2.13. The molecule has 1 aromatic heterocycles. The second kappa shape index (κ2) is 5.67. The Balaban J connectivity index is 2.20. The molecule has 1 aliphatic carbocycles. The molecular formula is C13H16N4O2. The zero-order chi connectivity index (χ0) is 13.8. The van der Waals surface area contributed by atoms with Gasteiger partial charge in [0.15, 0.2) is 0 Å². The number of aliphatic hydroxyl groups excluding tert-OH is 1. The highest BCUT2D eigenvalue weighted by Crippen LogP contribution is 2.24. The minimum Gasteiger partial charge on any atom is -0.381 e. The summed E-state index contributed by atoms with van der Waals surface area (Å²) in [6, 6.07) is 3.91. The van der Waals surface area contributed by atoms with Crippen molar-refractivity contribution in [3.05, 3.63) is 22.9 Å². The number of pyridine rings is 1. The smallest absolute Gasteiger partial charge is 0.248 e. The summed E-state index contributed by atoms with van der Waals surface area (Å²) in [5.74, 6) is -0.396. The minimum atomic E-state index is -1.29. The molecule has 0 spiro atoms. The average molecular weight is 260 g/mol. The first-order chi connectivity index (χ1) is 9.11.